The van der Waals surface area contributed by atoms with Crippen LogP contribution in [0.5, 0.6) is 0 Å². The normalized spacial score (nSPS) is 9.00. The molecule has 0 saturated heterocycles. The second-order valence-corrected chi connectivity index (χ2v) is 3.62. The standard InChI is InChI=1S/C8H12O2S2/c1-2-4-10-8(9)3-6-12-7-5-11/h1,11H,3-7H2. The Labute approximate surface area is 82.8 Å². The SMILES string of the molecule is C#CCOC(=O)CCSCCS. The average molecular weight is 204 g/mol. The van der Waals surface area contributed by atoms with E-state index in [0.29, 0.717) is 6.42 Å². The molecule has 0 aliphatic heterocycles. The Morgan fingerprint density at radius 2 is 2.33 bits per heavy atom. The molecule has 68 valence electrons. The van der Waals surface area contributed by atoms with Crippen LogP contribution >= 0.6 is 24.4 Å². The molecule has 0 fully saturated rings. The molecule has 0 aliphatic carbocycles. The number of rotatable bonds is 6. The van der Waals surface area contributed by atoms with Crippen molar-refractivity contribution in [2.45, 2.75) is 6.42 Å². The number of thiol groups is 1. The van der Waals surface area contributed by atoms with Gasteiger partial charge in [0.05, 0.1) is 6.42 Å². The fraction of sp³-hybridized carbons (Fsp3) is 0.625. The van der Waals surface area contributed by atoms with Crippen LogP contribution in [-0.2, 0) is 9.53 Å². The van der Waals surface area contributed by atoms with Crippen molar-refractivity contribution in [3.63, 3.8) is 0 Å². The predicted octanol–water partition coefficient (Wildman–Crippen LogP) is 1.22. The highest BCUT2D eigenvalue weighted by molar-refractivity contribution is 7.99. The van der Waals surface area contributed by atoms with E-state index in [0.717, 1.165) is 17.3 Å². The maximum atomic E-state index is 10.8. The van der Waals surface area contributed by atoms with Gasteiger partial charge < -0.3 is 4.74 Å². The number of esters is 1. The molecule has 2 nitrogen and oxygen atoms in total. The maximum Gasteiger partial charge on any atom is 0.307 e. The number of terminal acetylenes is 1. The number of thioether (sulfide) groups is 1. The van der Waals surface area contributed by atoms with Gasteiger partial charge in [-0.1, -0.05) is 5.92 Å². The topological polar surface area (TPSA) is 26.3 Å². The Kier molecular flexibility index (Phi) is 8.62. The summed E-state index contributed by atoms with van der Waals surface area (Å²) in [6, 6.07) is 0. The first-order valence-electron chi connectivity index (χ1n) is 3.59. The Morgan fingerprint density at radius 3 is 2.92 bits per heavy atom. The second-order valence-electron chi connectivity index (χ2n) is 1.95. The van der Waals surface area contributed by atoms with Crippen LogP contribution in [0, 0.1) is 12.3 Å². The van der Waals surface area contributed by atoms with Gasteiger partial charge in [0, 0.05) is 11.5 Å². The Morgan fingerprint density at radius 1 is 1.58 bits per heavy atom. The highest BCUT2D eigenvalue weighted by atomic mass is 32.2. The third kappa shape index (κ3) is 7.83. The smallest absolute Gasteiger partial charge is 0.307 e. The van der Waals surface area contributed by atoms with Crippen LogP contribution < -0.4 is 0 Å². The van der Waals surface area contributed by atoms with Crippen LogP contribution in [0.3, 0.4) is 0 Å². The molecule has 0 aromatic heterocycles. The zero-order valence-electron chi connectivity index (χ0n) is 6.78. The summed E-state index contributed by atoms with van der Waals surface area (Å²) in [5.74, 6) is 4.60. The summed E-state index contributed by atoms with van der Waals surface area (Å²) in [6.45, 7) is 0.0794. The fourth-order valence-corrected chi connectivity index (χ4v) is 1.55. The van der Waals surface area contributed by atoms with Crippen LogP contribution in [0.15, 0.2) is 0 Å². The van der Waals surface area contributed by atoms with Crippen LogP contribution in [0.2, 0.25) is 0 Å². The molecule has 0 saturated carbocycles. The van der Waals surface area contributed by atoms with Gasteiger partial charge in [-0.05, 0) is 5.75 Å². The highest BCUT2D eigenvalue weighted by Crippen LogP contribution is 2.03. The van der Waals surface area contributed by atoms with E-state index >= 15 is 0 Å². The Hall–Kier alpha value is -0.270. The quantitative estimate of drug-likeness (QED) is 0.305. The summed E-state index contributed by atoms with van der Waals surface area (Å²) in [5, 5.41) is 0. The lowest BCUT2D eigenvalue weighted by molar-refractivity contribution is -0.141. The van der Waals surface area contributed by atoms with Gasteiger partial charge in [0.1, 0.15) is 0 Å². The number of hydrogen-bond acceptors (Lipinski definition) is 4. The van der Waals surface area contributed by atoms with E-state index in [9.17, 15) is 4.79 Å². The molecule has 0 N–H and O–H groups in total. The van der Waals surface area contributed by atoms with E-state index in [1.807, 2.05) is 0 Å². The average Bonchev–Trinajstić information content (AvgIpc) is 2.09. The minimum atomic E-state index is -0.223. The first-order chi connectivity index (χ1) is 5.81. The number of carbonyl (C=O) groups excluding carboxylic acids is 1. The largest absolute Gasteiger partial charge is 0.452 e. The van der Waals surface area contributed by atoms with Crippen molar-refractivity contribution in [3.05, 3.63) is 0 Å². The Bertz CT molecular complexity index is 163. The van der Waals surface area contributed by atoms with Crippen molar-refractivity contribution in [2.24, 2.45) is 0 Å². The summed E-state index contributed by atoms with van der Waals surface area (Å²) < 4.78 is 4.66. The molecule has 4 heteroatoms. The third-order valence-electron chi connectivity index (χ3n) is 1.00. The minimum absolute atomic E-state index is 0.0794. The van der Waals surface area contributed by atoms with Crippen molar-refractivity contribution < 1.29 is 9.53 Å². The first-order valence-corrected chi connectivity index (χ1v) is 5.37. The molecule has 0 aromatic rings. The van der Waals surface area contributed by atoms with E-state index in [1.54, 1.807) is 11.8 Å². The lowest BCUT2D eigenvalue weighted by atomic mass is 10.5. The molecule has 0 heterocycles. The van der Waals surface area contributed by atoms with Crippen LogP contribution in [0.1, 0.15) is 6.42 Å². The van der Waals surface area contributed by atoms with E-state index in [1.165, 1.54) is 0 Å². The fourth-order valence-electron chi connectivity index (χ4n) is 0.516. The molecule has 0 spiro atoms. The van der Waals surface area contributed by atoms with Crippen molar-refractivity contribution in [2.75, 3.05) is 23.9 Å². The van der Waals surface area contributed by atoms with E-state index < -0.39 is 0 Å². The van der Waals surface area contributed by atoms with E-state index in [-0.39, 0.29) is 12.6 Å². The third-order valence-corrected chi connectivity index (χ3v) is 2.51. The van der Waals surface area contributed by atoms with Gasteiger partial charge in [-0.2, -0.15) is 24.4 Å². The van der Waals surface area contributed by atoms with Crippen LogP contribution in [0.4, 0.5) is 0 Å². The first kappa shape index (κ1) is 11.7. The summed E-state index contributed by atoms with van der Waals surface area (Å²) in [5.41, 5.74) is 0. The lowest BCUT2D eigenvalue weighted by Gasteiger charge is -1.99. The highest BCUT2D eigenvalue weighted by Gasteiger charge is 2.00. The Balaban J connectivity index is 3.15. The number of ether oxygens (including phenoxy) is 1. The van der Waals surface area contributed by atoms with Gasteiger partial charge in [0.15, 0.2) is 6.61 Å². The van der Waals surface area contributed by atoms with Gasteiger partial charge in [-0.3, -0.25) is 4.79 Å². The molecular weight excluding hydrogens is 192 g/mol. The molecule has 0 atom stereocenters. The van der Waals surface area contributed by atoms with Crippen molar-refractivity contribution in [1.82, 2.24) is 0 Å². The molecule has 0 aliphatic rings. The predicted molar refractivity (Wildman–Crippen MR) is 55.6 cm³/mol. The molecule has 0 bridgehead atoms. The van der Waals surface area contributed by atoms with Crippen molar-refractivity contribution in [3.8, 4) is 12.3 Å². The van der Waals surface area contributed by atoms with Gasteiger partial charge in [0.25, 0.3) is 0 Å². The molecule has 0 rings (SSSR count). The number of hydrogen-bond donors (Lipinski definition) is 1. The van der Waals surface area contributed by atoms with E-state index in [4.69, 9.17) is 6.42 Å². The van der Waals surface area contributed by atoms with Gasteiger partial charge in [-0.25, -0.2) is 0 Å². The molecule has 0 radical (unpaired) electrons. The zero-order valence-corrected chi connectivity index (χ0v) is 8.50. The molecular formula is C8H12O2S2. The lowest BCUT2D eigenvalue weighted by Crippen LogP contribution is -2.05. The minimum Gasteiger partial charge on any atom is -0.452 e. The van der Waals surface area contributed by atoms with Gasteiger partial charge in [0.2, 0.25) is 0 Å². The molecule has 12 heavy (non-hydrogen) atoms. The maximum absolute atomic E-state index is 10.8. The van der Waals surface area contributed by atoms with Crippen molar-refractivity contribution in [1.29, 1.82) is 0 Å². The zero-order chi connectivity index (χ0) is 9.23. The van der Waals surface area contributed by atoms with Crippen molar-refractivity contribution >= 4 is 30.4 Å². The van der Waals surface area contributed by atoms with Crippen LogP contribution in [0.25, 0.3) is 0 Å². The van der Waals surface area contributed by atoms with Crippen LogP contribution in [-0.4, -0.2) is 29.8 Å². The summed E-state index contributed by atoms with van der Waals surface area (Å²) >= 11 is 5.72. The molecule has 0 aromatic carbocycles. The molecule has 0 unspecified atom stereocenters. The molecule has 0 amide bonds. The summed E-state index contributed by atoms with van der Waals surface area (Å²) in [6.07, 6.45) is 5.34. The second kappa shape index (κ2) is 8.82. The number of carbonyl (C=O) groups is 1. The van der Waals surface area contributed by atoms with Gasteiger partial charge in [-0.15, -0.1) is 6.42 Å². The van der Waals surface area contributed by atoms with Gasteiger partial charge >= 0.3 is 5.97 Å². The summed E-state index contributed by atoms with van der Waals surface area (Å²) in [4.78, 5) is 10.8. The monoisotopic (exact) mass is 204 g/mol. The summed E-state index contributed by atoms with van der Waals surface area (Å²) in [7, 11) is 0. The van der Waals surface area contributed by atoms with E-state index in [2.05, 4.69) is 23.3 Å².